The van der Waals surface area contributed by atoms with E-state index in [1.54, 1.807) is 0 Å². The summed E-state index contributed by atoms with van der Waals surface area (Å²) < 4.78 is 0. The van der Waals surface area contributed by atoms with Crippen LogP contribution < -0.4 is 0 Å². The molecule has 0 aromatic carbocycles. The van der Waals surface area contributed by atoms with Crippen LogP contribution >= 0.6 is 0 Å². The van der Waals surface area contributed by atoms with Crippen molar-refractivity contribution in [2.75, 3.05) is 13.1 Å². The summed E-state index contributed by atoms with van der Waals surface area (Å²) >= 11 is 0. The monoisotopic (exact) mass is 155 g/mol. The lowest BCUT2D eigenvalue weighted by Gasteiger charge is -2.16. The Morgan fingerprint density at radius 1 is 1.36 bits per heavy atom. The average Bonchev–Trinajstić information content (AvgIpc) is 2.41. The van der Waals surface area contributed by atoms with Crippen LogP contribution in [0.25, 0.3) is 0 Å². The standard InChI is InChI=1S/C8H13NO2/c10-8(11)6-3-5-9-4-1-2-7(6)9/h6-7H,1-5H2,(H,10,11)/t6-,7+/m0/s1. The van der Waals surface area contributed by atoms with E-state index in [2.05, 4.69) is 4.90 Å². The summed E-state index contributed by atoms with van der Waals surface area (Å²) in [5, 5.41) is 8.83. The molecule has 3 heteroatoms. The van der Waals surface area contributed by atoms with Crippen LogP contribution in [0.2, 0.25) is 0 Å². The summed E-state index contributed by atoms with van der Waals surface area (Å²) in [5.41, 5.74) is 0. The molecule has 0 aromatic heterocycles. The molecule has 2 saturated heterocycles. The molecule has 2 rings (SSSR count). The van der Waals surface area contributed by atoms with Gasteiger partial charge in [-0.1, -0.05) is 0 Å². The smallest absolute Gasteiger partial charge is 0.308 e. The predicted molar refractivity (Wildman–Crippen MR) is 40.3 cm³/mol. The molecule has 2 fully saturated rings. The first-order chi connectivity index (χ1) is 5.29. The maximum atomic E-state index is 10.7. The Morgan fingerprint density at radius 2 is 2.18 bits per heavy atom. The van der Waals surface area contributed by atoms with Gasteiger partial charge in [-0.3, -0.25) is 9.69 Å². The number of nitrogens with zero attached hydrogens (tertiary/aromatic N) is 1. The molecule has 1 N–H and O–H groups in total. The molecule has 0 spiro atoms. The van der Waals surface area contributed by atoms with Crippen molar-refractivity contribution in [3.05, 3.63) is 0 Å². The topological polar surface area (TPSA) is 40.5 Å². The summed E-state index contributed by atoms with van der Waals surface area (Å²) in [6, 6.07) is 0.368. The van der Waals surface area contributed by atoms with Crippen molar-refractivity contribution in [1.29, 1.82) is 0 Å². The second-order valence-corrected chi connectivity index (χ2v) is 3.48. The van der Waals surface area contributed by atoms with Gasteiger partial charge in [-0.05, 0) is 32.4 Å². The molecule has 3 nitrogen and oxygen atoms in total. The van der Waals surface area contributed by atoms with Crippen LogP contribution in [0.3, 0.4) is 0 Å². The number of carboxylic acid groups (broad SMARTS) is 1. The maximum absolute atomic E-state index is 10.7. The second-order valence-electron chi connectivity index (χ2n) is 3.48. The first-order valence-corrected chi connectivity index (χ1v) is 4.26. The Hall–Kier alpha value is -0.570. The molecule has 0 bridgehead atoms. The third-order valence-electron chi connectivity index (χ3n) is 2.92. The van der Waals surface area contributed by atoms with Gasteiger partial charge in [0, 0.05) is 6.04 Å². The van der Waals surface area contributed by atoms with Crippen molar-refractivity contribution in [3.8, 4) is 0 Å². The Labute approximate surface area is 66.0 Å². The van der Waals surface area contributed by atoms with Crippen molar-refractivity contribution in [3.63, 3.8) is 0 Å². The fourth-order valence-corrected chi connectivity index (χ4v) is 2.37. The fourth-order valence-electron chi connectivity index (χ4n) is 2.37. The summed E-state index contributed by atoms with van der Waals surface area (Å²) in [7, 11) is 0. The average molecular weight is 155 g/mol. The lowest BCUT2D eigenvalue weighted by Crippen LogP contribution is -2.29. The molecule has 0 saturated carbocycles. The van der Waals surface area contributed by atoms with E-state index in [9.17, 15) is 4.79 Å². The van der Waals surface area contributed by atoms with E-state index in [0.717, 1.165) is 25.9 Å². The number of carboxylic acids is 1. The SMILES string of the molecule is O=C(O)[C@H]1CCN2CCC[C@H]12. The van der Waals surface area contributed by atoms with Crippen LogP contribution in [0, 0.1) is 5.92 Å². The van der Waals surface area contributed by atoms with E-state index in [1.165, 1.54) is 6.42 Å². The molecule has 62 valence electrons. The number of rotatable bonds is 1. The molecule has 0 unspecified atom stereocenters. The van der Waals surface area contributed by atoms with E-state index in [-0.39, 0.29) is 5.92 Å². The van der Waals surface area contributed by atoms with E-state index in [1.807, 2.05) is 0 Å². The highest BCUT2D eigenvalue weighted by Crippen LogP contribution is 2.32. The number of hydrogen-bond acceptors (Lipinski definition) is 2. The molecular weight excluding hydrogens is 142 g/mol. The van der Waals surface area contributed by atoms with Gasteiger partial charge in [-0.15, -0.1) is 0 Å². The number of aliphatic carboxylic acids is 1. The Balaban J connectivity index is 2.08. The van der Waals surface area contributed by atoms with Gasteiger partial charge >= 0.3 is 5.97 Å². The normalized spacial score (nSPS) is 37.5. The number of fused-ring (bicyclic) bond motifs is 1. The van der Waals surface area contributed by atoms with Crippen LogP contribution in [-0.2, 0) is 4.79 Å². The summed E-state index contributed by atoms with van der Waals surface area (Å²) in [4.78, 5) is 13.0. The van der Waals surface area contributed by atoms with Crippen LogP contribution in [0.5, 0.6) is 0 Å². The minimum Gasteiger partial charge on any atom is -0.481 e. The minimum atomic E-state index is -0.598. The molecule has 0 aliphatic carbocycles. The van der Waals surface area contributed by atoms with Gasteiger partial charge < -0.3 is 5.11 Å². The van der Waals surface area contributed by atoms with Crippen molar-refractivity contribution in [1.82, 2.24) is 4.90 Å². The summed E-state index contributed by atoms with van der Waals surface area (Å²) in [6.45, 7) is 2.12. The van der Waals surface area contributed by atoms with Crippen molar-refractivity contribution in [2.24, 2.45) is 5.92 Å². The molecular formula is C8H13NO2. The van der Waals surface area contributed by atoms with Gasteiger partial charge in [-0.25, -0.2) is 0 Å². The zero-order valence-electron chi connectivity index (χ0n) is 6.49. The number of carbonyl (C=O) groups is 1. The molecule has 2 aliphatic rings. The van der Waals surface area contributed by atoms with E-state index < -0.39 is 5.97 Å². The van der Waals surface area contributed by atoms with Gasteiger partial charge in [0.1, 0.15) is 0 Å². The van der Waals surface area contributed by atoms with Gasteiger partial charge in [0.05, 0.1) is 5.92 Å². The highest BCUT2D eigenvalue weighted by molar-refractivity contribution is 5.71. The van der Waals surface area contributed by atoms with E-state index >= 15 is 0 Å². The van der Waals surface area contributed by atoms with E-state index in [4.69, 9.17) is 5.11 Å². The van der Waals surface area contributed by atoms with Crippen LogP contribution in [0.15, 0.2) is 0 Å². The molecule has 0 aromatic rings. The summed E-state index contributed by atoms with van der Waals surface area (Å²) in [6.07, 6.45) is 3.14. The van der Waals surface area contributed by atoms with Gasteiger partial charge in [0.2, 0.25) is 0 Å². The lowest BCUT2D eigenvalue weighted by atomic mass is 9.99. The highest BCUT2D eigenvalue weighted by Gasteiger charge is 2.40. The third-order valence-corrected chi connectivity index (χ3v) is 2.92. The molecule has 0 amide bonds. The van der Waals surface area contributed by atoms with Crippen LogP contribution in [0.1, 0.15) is 19.3 Å². The predicted octanol–water partition coefficient (Wildman–Crippen LogP) is 0.555. The first kappa shape index (κ1) is 7.10. The zero-order chi connectivity index (χ0) is 7.84. The van der Waals surface area contributed by atoms with E-state index in [0.29, 0.717) is 6.04 Å². The quantitative estimate of drug-likeness (QED) is 0.601. The molecule has 2 heterocycles. The lowest BCUT2D eigenvalue weighted by molar-refractivity contribution is -0.142. The Kier molecular flexibility index (Phi) is 1.60. The minimum absolute atomic E-state index is 0.0718. The Bertz CT molecular complexity index is 181. The maximum Gasteiger partial charge on any atom is 0.308 e. The van der Waals surface area contributed by atoms with Crippen molar-refractivity contribution < 1.29 is 9.90 Å². The first-order valence-electron chi connectivity index (χ1n) is 4.26. The molecule has 2 aliphatic heterocycles. The van der Waals surface area contributed by atoms with Crippen LogP contribution in [0.4, 0.5) is 0 Å². The highest BCUT2D eigenvalue weighted by atomic mass is 16.4. The van der Waals surface area contributed by atoms with Crippen molar-refractivity contribution in [2.45, 2.75) is 25.3 Å². The second kappa shape index (κ2) is 2.48. The number of hydrogen-bond donors (Lipinski definition) is 1. The fraction of sp³-hybridized carbons (Fsp3) is 0.875. The van der Waals surface area contributed by atoms with Crippen molar-refractivity contribution >= 4 is 5.97 Å². The molecule has 11 heavy (non-hydrogen) atoms. The Morgan fingerprint density at radius 3 is 2.91 bits per heavy atom. The largest absolute Gasteiger partial charge is 0.481 e. The van der Waals surface area contributed by atoms with Crippen LogP contribution in [-0.4, -0.2) is 35.1 Å². The summed E-state index contributed by atoms with van der Waals surface area (Å²) in [5.74, 6) is -0.670. The molecule has 0 radical (unpaired) electrons. The third kappa shape index (κ3) is 1.03. The van der Waals surface area contributed by atoms with Gasteiger partial charge in [-0.2, -0.15) is 0 Å². The molecule has 2 atom stereocenters. The zero-order valence-corrected chi connectivity index (χ0v) is 6.49. The van der Waals surface area contributed by atoms with Gasteiger partial charge in [0.25, 0.3) is 0 Å². The van der Waals surface area contributed by atoms with Gasteiger partial charge in [0.15, 0.2) is 0 Å².